The minimum absolute atomic E-state index is 0.0114. The Bertz CT molecular complexity index is 987. The van der Waals surface area contributed by atoms with Gasteiger partial charge < -0.3 is 19.5 Å². The van der Waals surface area contributed by atoms with E-state index in [1.54, 1.807) is 6.20 Å². The van der Waals surface area contributed by atoms with Gasteiger partial charge >= 0.3 is 0 Å². The predicted octanol–water partition coefficient (Wildman–Crippen LogP) is 3.48. The van der Waals surface area contributed by atoms with E-state index in [0.717, 1.165) is 43.3 Å². The van der Waals surface area contributed by atoms with Gasteiger partial charge in [0.05, 0.1) is 23.9 Å². The van der Waals surface area contributed by atoms with Gasteiger partial charge in [0, 0.05) is 50.2 Å². The molecule has 2 aliphatic heterocycles. The first-order valence-corrected chi connectivity index (χ1v) is 10.8. The summed E-state index contributed by atoms with van der Waals surface area (Å²) in [5, 5.41) is 4.30. The van der Waals surface area contributed by atoms with Crippen LogP contribution in [-0.2, 0) is 11.3 Å². The maximum atomic E-state index is 5.94. The van der Waals surface area contributed by atoms with Crippen molar-refractivity contribution in [2.75, 3.05) is 13.2 Å². The Morgan fingerprint density at radius 3 is 2.87 bits per heavy atom. The molecule has 154 valence electrons. The molecule has 6 nitrogen and oxygen atoms in total. The number of aromatic nitrogens is 3. The number of thiocarbonyl (C=S) groups is 1. The Balaban J connectivity index is 1.51. The fraction of sp³-hybridized carbons (Fsp3) is 0.348. The van der Waals surface area contributed by atoms with E-state index in [9.17, 15) is 0 Å². The fourth-order valence-electron chi connectivity index (χ4n) is 4.46. The van der Waals surface area contributed by atoms with Crippen LogP contribution in [0.2, 0.25) is 0 Å². The van der Waals surface area contributed by atoms with E-state index in [0.29, 0.717) is 0 Å². The van der Waals surface area contributed by atoms with Crippen molar-refractivity contribution in [3.05, 3.63) is 84.2 Å². The lowest BCUT2D eigenvalue weighted by atomic mass is 10.0. The van der Waals surface area contributed by atoms with Gasteiger partial charge in [-0.05, 0) is 61.0 Å². The van der Waals surface area contributed by atoms with Crippen LogP contribution in [0.3, 0.4) is 0 Å². The van der Waals surface area contributed by atoms with Gasteiger partial charge in [-0.15, -0.1) is 0 Å². The quantitative estimate of drug-likeness (QED) is 0.618. The van der Waals surface area contributed by atoms with Gasteiger partial charge in [-0.2, -0.15) is 0 Å². The molecule has 2 fully saturated rings. The third-order valence-electron chi connectivity index (χ3n) is 5.87. The molecule has 2 saturated heterocycles. The summed E-state index contributed by atoms with van der Waals surface area (Å²) in [6, 6.07) is 14.5. The Morgan fingerprint density at radius 1 is 1.13 bits per heavy atom. The molecule has 2 aliphatic rings. The van der Waals surface area contributed by atoms with Crippen LogP contribution in [0.1, 0.15) is 41.9 Å². The highest BCUT2D eigenvalue weighted by Gasteiger charge is 2.42. The number of hydrogen-bond donors (Lipinski definition) is 1. The van der Waals surface area contributed by atoms with E-state index < -0.39 is 0 Å². The van der Waals surface area contributed by atoms with Crippen LogP contribution in [-0.4, -0.2) is 43.8 Å². The number of pyridine rings is 2. The van der Waals surface area contributed by atoms with E-state index in [4.69, 9.17) is 17.0 Å². The molecule has 30 heavy (non-hydrogen) atoms. The van der Waals surface area contributed by atoms with Crippen LogP contribution >= 0.6 is 12.2 Å². The molecule has 0 aliphatic carbocycles. The van der Waals surface area contributed by atoms with Gasteiger partial charge in [-0.1, -0.05) is 12.1 Å². The smallest absolute Gasteiger partial charge is 0.170 e. The molecular weight excluding hydrogens is 394 g/mol. The Labute approximate surface area is 181 Å². The van der Waals surface area contributed by atoms with Crippen LogP contribution in [0.15, 0.2) is 67.3 Å². The minimum atomic E-state index is -0.0114. The molecule has 3 atom stereocenters. The normalized spacial score (nSPS) is 23.7. The summed E-state index contributed by atoms with van der Waals surface area (Å²) in [5.74, 6) is 0. The van der Waals surface area contributed by atoms with Crippen LogP contribution in [0.5, 0.6) is 0 Å². The third-order valence-corrected chi connectivity index (χ3v) is 6.22. The first-order chi connectivity index (χ1) is 14.8. The van der Waals surface area contributed by atoms with Crippen molar-refractivity contribution in [1.29, 1.82) is 0 Å². The average molecular weight is 420 g/mol. The maximum Gasteiger partial charge on any atom is 0.170 e. The summed E-state index contributed by atoms with van der Waals surface area (Å²) >= 11 is 5.79. The fourth-order valence-corrected chi connectivity index (χ4v) is 4.77. The van der Waals surface area contributed by atoms with Crippen LogP contribution in [0.25, 0.3) is 0 Å². The molecule has 0 saturated carbocycles. The van der Waals surface area contributed by atoms with Gasteiger partial charge in [-0.3, -0.25) is 9.97 Å². The summed E-state index contributed by atoms with van der Waals surface area (Å²) in [4.78, 5) is 11.2. The SMILES string of the molecule is S=C1N[C@H](c2ccccn2)[C@H](c2cccn2Cc2cccnc2)N1C[C@H]1CCCO1. The Morgan fingerprint density at radius 2 is 2.10 bits per heavy atom. The van der Waals surface area contributed by atoms with Crippen molar-refractivity contribution in [3.8, 4) is 0 Å². The lowest BCUT2D eigenvalue weighted by Gasteiger charge is -2.30. The second-order valence-electron chi connectivity index (χ2n) is 7.84. The molecule has 0 spiro atoms. The zero-order valence-corrected chi connectivity index (χ0v) is 17.5. The summed E-state index contributed by atoms with van der Waals surface area (Å²) < 4.78 is 8.22. The molecule has 5 rings (SSSR count). The van der Waals surface area contributed by atoms with Crippen molar-refractivity contribution >= 4 is 17.3 Å². The molecule has 5 heterocycles. The second kappa shape index (κ2) is 8.53. The Kier molecular flexibility index (Phi) is 5.46. The first kappa shape index (κ1) is 19.2. The van der Waals surface area contributed by atoms with Crippen molar-refractivity contribution in [1.82, 2.24) is 24.8 Å². The van der Waals surface area contributed by atoms with Crippen molar-refractivity contribution in [2.24, 2.45) is 0 Å². The maximum absolute atomic E-state index is 5.94. The first-order valence-electron chi connectivity index (χ1n) is 10.4. The number of hydrogen-bond acceptors (Lipinski definition) is 4. The molecule has 3 aromatic heterocycles. The van der Waals surface area contributed by atoms with Crippen molar-refractivity contribution in [3.63, 3.8) is 0 Å². The van der Waals surface area contributed by atoms with E-state index in [1.165, 1.54) is 11.3 Å². The monoisotopic (exact) mass is 419 g/mol. The van der Waals surface area contributed by atoms with Crippen molar-refractivity contribution in [2.45, 2.75) is 37.6 Å². The highest BCUT2D eigenvalue weighted by atomic mass is 32.1. The molecule has 0 radical (unpaired) electrons. The number of rotatable bonds is 6. The van der Waals surface area contributed by atoms with Crippen LogP contribution < -0.4 is 5.32 Å². The topological polar surface area (TPSA) is 55.2 Å². The lowest BCUT2D eigenvalue weighted by molar-refractivity contribution is 0.0834. The molecule has 1 N–H and O–H groups in total. The molecule has 3 aromatic rings. The third kappa shape index (κ3) is 3.82. The largest absolute Gasteiger partial charge is 0.376 e. The zero-order valence-electron chi connectivity index (χ0n) is 16.7. The van der Waals surface area contributed by atoms with Gasteiger partial charge in [0.2, 0.25) is 0 Å². The van der Waals surface area contributed by atoms with Gasteiger partial charge in [-0.25, -0.2) is 0 Å². The predicted molar refractivity (Wildman–Crippen MR) is 119 cm³/mol. The highest BCUT2D eigenvalue weighted by molar-refractivity contribution is 7.80. The molecular formula is C23H25N5OS. The summed E-state index contributed by atoms with van der Waals surface area (Å²) in [6.07, 6.45) is 10.1. The molecule has 7 heteroatoms. The van der Waals surface area contributed by atoms with Crippen molar-refractivity contribution < 1.29 is 4.74 Å². The van der Waals surface area contributed by atoms with Crippen LogP contribution in [0.4, 0.5) is 0 Å². The molecule has 0 bridgehead atoms. The van der Waals surface area contributed by atoms with Crippen LogP contribution in [0, 0.1) is 0 Å². The van der Waals surface area contributed by atoms with E-state index in [-0.39, 0.29) is 18.2 Å². The summed E-state index contributed by atoms with van der Waals surface area (Å²) in [6.45, 7) is 2.39. The highest BCUT2D eigenvalue weighted by Crippen LogP contribution is 2.39. The lowest BCUT2D eigenvalue weighted by Crippen LogP contribution is -2.36. The van der Waals surface area contributed by atoms with E-state index >= 15 is 0 Å². The Hall–Kier alpha value is -2.77. The van der Waals surface area contributed by atoms with Gasteiger partial charge in [0.25, 0.3) is 0 Å². The number of nitrogens with one attached hydrogen (secondary N) is 1. The number of nitrogens with zero attached hydrogens (tertiary/aromatic N) is 4. The standard InChI is InChI=1S/C23H25N5OS/c30-23-26-21(19-8-1-2-11-25-19)22(28(23)16-18-7-5-13-29-18)20-9-4-12-27(20)15-17-6-3-10-24-14-17/h1-4,6,8-12,14,18,21-22H,5,7,13,15-16H2,(H,26,30)/t18-,21-,22+/m1/s1. The number of ether oxygens (including phenoxy) is 1. The van der Waals surface area contributed by atoms with E-state index in [1.807, 2.05) is 30.6 Å². The van der Waals surface area contributed by atoms with Gasteiger partial charge in [0.15, 0.2) is 5.11 Å². The minimum Gasteiger partial charge on any atom is -0.376 e. The van der Waals surface area contributed by atoms with Gasteiger partial charge in [0.1, 0.15) is 0 Å². The zero-order chi connectivity index (χ0) is 20.3. The summed E-state index contributed by atoms with van der Waals surface area (Å²) in [5.41, 5.74) is 3.37. The molecule has 0 aromatic carbocycles. The van der Waals surface area contributed by atoms with E-state index in [2.05, 4.69) is 55.2 Å². The molecule has 0 unspecified atom stereocenters. The average Bonchev–Trinajstić information content (AvgIpc) is 3.52. The molecule has 0 amide bonds. The summed E-state index contributed by atoms with van der Waals surface area (Å²) in [7, 11) is 0. The second-order valence-corrected chi connectivity index (χ2v) is 8.22.